The van der Waals surface area contributed by atoms with Gasteiger partial charge in [0.25, 0.3) is 0 Å². The summed E-state index contributed by atoms with van der Waals surface area (Å²) in [5, 5.41) is 4.82. The molecule has 21 heavy (non-hydrogen) atoms. The van der Waals surface area contributed by atoms with Gasteiger partial charge in [0.05, 0.1) is 6.54 Å². The summed E-state index contributed by atoms with van der Waals surface area (Å²) in [6, 6.07) is 13.4. The van der Waals surface area contributed by atoms with Crippen LogP contribution in [0.15, 0.2) is 47.8 Å². The third-order valence-electron chi connectivity index (χ3n) is 3.61. The number of carbonyl (C=O) groups is 2. The summed E-state index contributed by atoms with van der Waals surface area (Å²) >= 11 is 1.60. The SMILES string of the molecule is O=C(NCc1cccs1)[C@H]1CCN(c2ccccc2)C1=O. The van der Waals surface area contributed by atoms with E-state index in [1.807, 2.05) is 47.8 Å². The molecule has 2 amide bonds. The van der Waals surface area contributed by atoms with Gasteiger partial charge in [-0.3, -0.25) is 9.59 Å². The summed E-state index contributed by atoms with van der Waals surface area (Å²) < 4.78 is 0. The molecule has 5 heteroatoms. The molecule has 2 heterocycles. The zero-order valence-electron chi connectivity index (χ0n) is 11.5. The maximum atomic E-state index is 12.4. The van der Waals surface area contributed by atoms with Crippen molar-refractivity contribution in [2.45, 2.75) is 13.0 Å². The summed E-state index contributed by atoms with van der Waals surface area (Å²) in [6.07, 6.45) is 0.573. The maximum Gasteiger partial charge on any atom is 0.239 e. The van der Waals surface area contributed by atoms with E-state index in [1.54, 1.807) is 16.2 Å². The van der Waals surface area contributed by atoms with E-state index in [2.05, 4.69) is 5.32 Å². The molecule has 1 atom stereocenters. The first kappa shape index (κ1) is 13.8. The number of amides is 2. The molecule has 108 valence electrons. The molecular formula is C16H16N2O2S. The maximum absolute atomic E-state index is 12.4. The van der Waals surface area contributed by atoms with Crippen molar-refractivity contribution in [3.63, 3.8) is 0 Å². The molecule has 1 aromatic heterocycles. The fraction of sp³-hybridized carbons (Fsp3) is 0.250. The summed E-state index contributed by atoms with van der Waals surface area (Å²) in [7, 11) is 0. The number of hydrogen-bond acceptors (Lipinski definition) is 3. The molecule has 1 fully saturated rings. The minimum atomic E-state index is -0.565. The molecule has 4 nitrogen and oxygen atoms in total. The summed E-state index contributed by atoms with van der Waals surface area (Å²) in [6.45, 7) is 1.09. The number of anilines is 1. The van der Waals surface area contributed by atoms with Crippen LogP contribution in [0.2, 0.25) is 0 Å². The van der Waals surface area contributed by atoms with Gasteiger partial charge >= 0.3 is 0 Å². The first-order valence-electron chi connectivity index (χ1n) is 6.92. The summed E-state index contributed by atoms with van der Waals surface area (Å²) in [5.41, 5.74) is 0.857. The fourth-order valence-corrected chi connectivity index (χ4v) is 3.14. The van der Waals surface area contributed by atoms with Crippen LogP contribution < -0.4 is 10.2 Å². The number of nitrogens with one attached hydrogen (secondary N) is 1. The Balaban J connectivity index is 1.62. The molecule has 1 aliphatic rings. The van der Waals surface area contributed by atoms with E-state index in [-0.39, 0.29) is 11.8 Å². The van der Waals surface area contributed by atoms with Crippen LogP contribution in [0.25, 0.3) is 0 Å². The standard InChI is InChI=1S/C16H16N2O2S/c19-15(17-11-13-7-4-10-21-13)14-8-9-18(16(14)20)12-5-2-1-3-6-12/h1-7,10,14H,8-9,11H2,(H,17,19)/t14-/m1/s1. The highest BCUT2D eigenvalue weighted by molar-refractivity contribution is 7.09. The number of hydrogen-bond donors (Lipinski definition) is 1. The first-order valence-corrected chi connectivity index (χ1v) is 7.80. The zero-order chi connectivity index (χ0) is 14.7. The number of carbonyl (C=O) groups excluding carboxylic acids is 2. The van der Waals surface area contributed by atoms with Crippen molar-refractivity contribution in [2.24, 2.45) is 5.92 Å². The van der Waals surface area contributed by atoms with Gasteiger partial charge in [-0.05, 0) is 30.0 Å². The van der Waals surface area contributed by atoms with Crippen molar-refractivity contribution in [3.8, 4) is 0 Å². The number of thiophene rings is 1. The lowest BCUT2D eigenvalue weighted by Gasteiger charge is -2.16. The highest BCUT2D eigenvalue weighted by Crippen LogP contribution is 2.25. The Labute approximate surface area is 127 Å². The lowest BCUT2D eigenvalue weighted by Crippen LogP contribution is -2.36. The molecule has 0 bridgehead atoms. The van der Waals surface area contributed by atoms with Crippen LogP contribution in [0.3, 0.4) is 0 Å². The topological polar surface area (TPSA) is 49.4 Å². The third kappa shape index (κ3) is 2.97. The molecular weight excluding hydrogens is 284 g/mol. The summed E-state index contributed by atoms with van der Waals surface area (Å²) in [4.78, 5) is 27.3. The molecule has 0 saturated carbocycles. The van der Waals surface area contributed by atoms with Crippen LogP contribution in [-0.2, 0) is 16.1 Å². The van der Waals surface area contributed by atoms with Crippen LogP contribution in [0.5, 0.6) is 0 Å². The van der Waals surface area contributed by atoms with Gasteiger partial charge in [0, 0.05) is 17.1 Å². The predicted molar refractivity (Wildman–Crippen MR) is 83.1 cm³/mol. The lowest BCUT2D eigenvalue weighted by molar-refractivity contribution is -0.132. The van der Waals surface area contributed by atoms with Crippen molar-refractivity contribution in [1.29, 1.82) is 0 Å². The van der Waals surface area contributed by atoms with Crippen molar-refractivity contribution in [2.75, 3.05) is 11.4 Å². The first-order chi connectivity index (χ1) is 10.3. The molecule has 0 spiro atoms. The van der Waals surface area contributed by atoms with Crippen LogP contribution in [-0.4, -0.2) is 18.4 Å². The highest BCUT2D eigenvalue weighted by Gasteiger charge is 2.37. The fourth-order valence-electron chi connectivity index (χ4n) is 2.50. The van der Waals surface area contributed by atoms with Gasteiger partial charge in [-0.1, -0.05) is 24.3 Å². The second-order valence-corrected chi connectivity index (χ2v) is 6.00. The highest BCUT2D eigenvalue weighted by atomic mass is 32.1. The molecule has 1 aromatic carbocycles. The van der Waals surface area contributed by atoms with E-state index in [0.29, 0.717) is 19.5 Å². The van der Waals surface area contributed by atoms with Gasteiger partial charge in [-0.15, -0.1) is 11.3 Å². The molecule has 2 aromatic rings. The van der Waals surface area contributed by atoms with E-state index >= 15 is 0 Å². The molecule has 0 unspecified atom stereocenters. The Kier molecular flexibility index (Phi) is 4.01. The quantitative estimate of drug-likeness (QED) is 0.882. The number of benzene rings is 1. The Morgan fingerprint density at radius 1 is 1.24 bits per heavy atom. The van der Waals surface area contributed by atoms with Crippen LogP contribution in [0.1, 0.15) is 11.3 Å². The van der Waals surface area contributed by atoms with Gasteiger partial charge in [0.2, 0.25) is 11.8 Å². The van der Waals surface area contributed by atoms with Gasteiger partial charge in [0.1, 0.15) is 5.92 Å². The minimum absolute atomic E-state index is 0.107. The number of para-hydroxylation sites is 1. The normalized spacial score (nSPS) is 18.0. The van der Waals surface area contributed by atoms with Gasteiger partial charge in [-0.2, -0.15) is 0 Å². The van der Waals surface area contributed by atoms with E-state index in [1.165, 1.54) is 0 Å². The Morgan fingerprint density at radius 3 is 2.76 bits per heavy atom. The van der Waals surface area contributed by atoms with Crippen molar-refractivity contribution < 1.29 is 9.59 Å². The second kappa shape index (κ2) is 6.10. The van der Waals surface area contributed by atoms with E-state index < -0.39 is 5.92 Å². The Morgan fingerprint density at radius 2 is 2.05 bits per heavy atom. The number of rotatable bonds is 4. The average molecular weight is 300 g/mol. The Hall–Kier alpha value is -2.14. The van der Waals surface area contributed by atoms with E-state index in [9.17, 15) is 9.59 Å². The van der Waals surface area contributed by atoms with Crippen LogP contribution in [0.4, 0.5) is 5.69 Å². The zero-order valence-corrected chi connectivity index (χ0v) is 12.3. The monoisotopic (exact) mass is 300 g/mol. The van der Waals surface area contributed by atoms with E-state index in [0.717, 1.165) is 10.6 Å². The van der Waals surface area contributed by atoms with E-state index in [4.69, 9.17) is 0 Å². The summed E-state index contributed by atoms with van der Waals surface area (Å²) in [5.74, 6) is -0.845. The Bertz CT molecular complexity index is 625. The van der Waals surface area contributed by atoms with Crippen LogP contribution >= 0.6 is 11.3 Å². The minimum Gasteiger partial charge on any atom is -0.351 e. The molecule has 1 N–H and O–H groups in total. The molecule has 3 rings (SSSR count). The smallest absolute Gasteiger partial charge is 0.239 e. The van der Waals surface area contributed by atoms with Gasteiger partial charge < -0.3 is 10.2 Å². The lowest BCUT2D eigenvalue weighted by atomic mass is 10.1. The average Bonchev–Trinajstić information content (AvgIpc) is 3.15. The molecule has 0 radical (unpaired) electrons. The largest absolute Gasteiger partial charge is 0.351 e. The van der Waals surface area contributed by atoms with Gasteiger partial charge in [-0.25, -0.2) is 0 Å². The van der Waals surface area contributed by atoms with Gasteiger partial charge in [0.15, 0.2) is 0 Å². The van der Waals surface area contributed by atoms with Crippen molar-refractivity contribution in [1.82, 2.24) is 5.32 Å². The second-order valence-electron chi connectivity index (χ2n) is 4.96. The van der Waals surface area contributed by atoms with Crippen molar-refractivity contribution in [3.05, 3.63) is 52.7 Å². The number of nitrogens with zero attached hydrogens (tertiary/aromatic N) is 1. The molecule has 1 aliphatic heterocycles. The molecule has 0 aliphatic carbocycles. The van der Waals surface area contributed by atoms with Crippen LogP contribution in [0, 0.1) is 5.92 Å². The molecule has 1 saturated heterocycles. The predicted octanol–water partition coefficient (Wildman–Crippen LogP) is 2.42. The van der Waals surface area contributed by atoms with Crippen molar-refractivity contribution >= 4 is 28.8 Å². The third-order valence-corrected chi connectivity index (χ3v) is 4.48.